The molecule has 0 unspecified atom stereocenters. The predicted molar refractivity (Wildman–Crippen MR) is 113 cm³/mol. The molecular weight excluding hydrogens is 372 g/mol. The molecular formula is C22H25ClN4O. The van der Waals surface area contributed by atoms with Crippen LogP contribution in [0.3, 0.4) is 0 Å². The van der Waals surface area contributed by atoms with E-state index in [-0.39, 0.29) is 24.4 Å². The molecule has 6 heteroatoms. The Bertz CT molecular complexity index is 937. The molecule has 1 amide bonds. The fraction of sp³-hybridized carbons (Fsp3) is 0.273. The first-order valence-electron chi connectivity index (χ1n) is 9.32. The second-order valence-corrected chi connectivity index (χ2v) is 7.19. The van der Waals surface area contributed by atoms with Gasteiger partial charge in [0.05, 0.1) is 6.04 Å². The molecule has 4 rings (SSSR count). The highest BCUT2D eigenvalue weighted by Crippen LogP contribution is 2.25. The van der Waals surface area contributed by atoms with Crippen molar-refractivity contribution in [3.63, 3.8) is 0 Å². The average Bonchev–Trinajstić information content (AvgIpc) is 3.10. The largest absolute Gasteiger partial charge is 0.340 e. The first-order valence-corrected chi connectivity index (χ1v) is 9.32. The number of fused-ring (bicyclic) bond motifs is 1. The van der Waals surface area contributed by atoms with Gasteiger partial charge in [0.15, 0.2) is 5.69 Å². The standard InChI is InChI=1S/C22H24N4O.ClH/c1-14-5-3-7-16(11-14)20(17-8-4-6-15(2)12-17)24-22(27)21-18-13-23-10-9-19(18)25-26-21;/h3-8,11-12,20,23H,9-10,13H2,1-2H3,(H,24,27)(H,25,26);1H. The summed E-state index contributed by atoms with van der Waals surface area (Å²) in [5.74, 6) is -0.149. The van der Waals surface area contributed by atoms with Crippen LogP contribution >= 0.6 is 12.4 Å². The number of carbonyl (C=O) groups is 1. The van der Waals surface area contributed by atoms with Gasteiger partial charge in [-0.05, 0) is 25.0 Å². The third-order valence-corrected chi connectivity index (χ3v) is 5.05. The van der Waals surface area contributed by atoms with Crippen LogP contribution in [0.25, 0.3) is 0 Å². The van der Waals surface area contributed by atoms with Crippen molar-refractivity contribution in [2.75, 3.05) is 6.54 Å². The van der Waals surface area contributed by atoms with E-state index >= 15 is 0 Å². The summed E-state index contributed by atoms with van der Waals surface area (Å²) >= 11 is 0. The van der Waals surface area contributed by atoms with Gasteiger partial charge in [-0.1, -0.05) is 59.7 Å². The molecule has 3 N–H and O–H groups in total. The van der Waals surface area contributed by atoms with Gasteiger partial charge in [-0.25, -0.2) is 0 Å². The molecule has 2 aromatic carbocycles. The van der Waals surface area contributed by atoms with Gasteiger partial charge in [0.2, 0.25) is 0 Å². The van der Waals surface area contributed by atoms with Gasteiger partial charge in [0.1, 0.15) is 0 Å². The molecule has 1 aromatic heterocycles. The molecule has 1 aliphatic rings. The lowest BCUT2D eigenvalue weighted by atomic mass is 9.95. The van der Waals surface area contributed by atoms with Crippen molar-refractivity contribution in [3.8, 4) is 0 Å². The fourth-order valence-electron chi connectivity index (χ4n) is 3.67. The molecule has 0 fully saturated rings. The van der Waals surface area contributed by atoms with Crippen LogP contribution in [0.4, 0.5) is 0 Å². The minimum Gasteiger partial charge on any atom is -0.340 e. The van der Waals surface area contributed by atoms with Crippen molar-refractivity contribution < 1.29 is 4.79 Å². The topological polar surface area (TPSA) is 69.8 Å². The molecule has 0 atom stereocenters. The van der Waals surface area contributed by atoms with Crippen LogP contribution in [-0.4, -0.2) is 22.6 Å². The number of aromatic amines is 1. The summed E-state index contributed by atoms with van der Waals surface area (Å²) in [4.78, 5) is 13.1. The minimum atomic E-state index is -0.221. The Hall–Kier alpha value is -2.63. The summed E-state index contributed by atoms with van der Waals surface area (Å²) in [6.07, 6.45) is 0.870. The van der Waals surface area contributed by atoms with E-state index in [0.717, 1.165) is 35.3 Å². The maximum absolute atomic E-state index is 13.1. The number of H-pyrrole nitrogens is 1. The zero-order valence-electron chi connectivity index (χ0n) is 16.1. The lowest BCUT2D eigenvalue weighted by Gasteiger charge is -2.21. The Kier molecular flexibility index (Phi) is 6.17. The third kappa shape index (κ3) is 4.11. The van der Waals surface area contributed by atoms with Crippen molar-refractivity contribution in [2.24, 2.45) is 0 Å². The number of aryl methyl sites for hydroxylation is 2. The molecule has 0 saturated carbocycles. The maximum atomic E-state index is 13.1. The number of hydrogen-bond donors (Lipinski definition) is 3. The number of hydrogen-bond acceptors (Lipinski definition) is 3. The Balaban J connectivity index is 0.00000225. The molecule has 146 valence electrons. The summed E-state index contributed by atoms with van der Waals surface area (Å²) in [6.45, 7) is 5.71. The highest BCUT2D eigenvalue weighted by Gasteiger charge is 2.25. The quantitative estimate of drug-likeness (QED) is 0.630. The number of amides is 1. The minimum absolute atomic E-state index is 0. The summed E-state index contributed by atoms with van der Waals surface area (Å²) in [5.41, 5.74) is 6.99. The number of benzene rings is 2. The number of nitrogens with one attached hydrogen (secondary N) is 3. The SMILES string of the molecule is Cc1cccc(C(NC(=O)c2n[nH]c3c2CNCC3)c2cccc(C)c2)c1.Cl. The molecule has 1 aliphatic heterocycles. The van der Waals surface area contributed by atoms with E-state index in [2.05, 4.69) is 71.1 Å². The molecule has 0 saturated heterocycles. The molecule has 3 aromatic rings. The summed E-state index contributed by atoms with van der Waals surface area (Å²) in [6, 6.07) is 16.3. The molecule has 5 nitrogen and oxygen atoms in total. The first-order chi connectivity index (χ1) is 13.1. The van der Waals surface area contributed by atoms with Gasteiger partial charge in [0.25, 0.3) is 5.91 Å². The summed E-state index contributed by atoms with van der Waals surface area (Å²) in [5, 5.41) is 13.8. The second-order valence-electron chi connectivity index (χ2n) is 7.19. The fourth-order valence-corrected chi connectivity index (χ4v) is 3.67. The average molecular weight is 397 g/mol. The lowest BCUT2D eigenvalue weighted by molar-refractivity contribution is 0.0936. The lowest BCUT2D eigenvalue weighted by Crippen LogP contribution is -2.32. The van der Waals surface area contributed by atoms with Gasteiger partial charge < -0.3 is 10.6 Å². The van der Waals surface area contributed by atoms with E-state index in [1.54, 1.807) is 0 Å². The van der Waals surface area contributed by atoms with Crippen molar-refractivity contribution in [1.82, 2.24) is 20.8 Å². The molecule has 0 aliphatic carbocycles. The van der Waals surface area contributed by atoms with Crippen molar-refractivity contribution in [1.29, 1.82) is 0 Å². The van der Waals surface area contributed by atoms with Crippen molar-refractivity contribution in [2.45, 2.75) is 32.9 Å². The van der Waals surface area contributed by atoms with Crippen LogP contribution in [0.1, 0.15) is 50.0 Å². The van der Waals surface area contributed by atoms with Gasteiger partial charge >= 0.3 is 0 Å². The van der Waals surface area contributed by atoms with Crippen molar-refractivity contribution >= 4 is 18.3 Å². The Labute approximate surface area is 171 Å². The van der Waals surface area contributed by atoms with Crippen LogP contribution in [0.15, 0.2) is 48.5 Å². The second kappa shape index (κ2) is 8.59. The number of carbonyl (C=O) groups excluding carboxylic acids is 1. The van der Waals surface area contributed by atoms with Crippen LogP contribution in [0.2, 0.25) is 0 Å². The Morgan fingerprint density at radius 2 is 1.71 bits per heavy atom. The van der Waals surface area contributed by atoms with E-state index < -0.39 is 0 Å². The highest BCUT2D eigenvalue weighted by atomic mass is 35.5. The van der Waals surface area contributed by atoms with Crippen LogP contribution in [0.5, 0.6) is 0 Å². The van der Waals surface area contributed by atoms with Gasteiger partial charge in [-0.2, -0.15) is 5.10 Å². The number of nitrogens with zero attached hydrogens (tertiary/aromatic N) is 1. The Morgan fingerprint density at radius 3 is 2.32 bits per heavy atom. The summed E-state index contributed by atoms with van der Waals surface area (Å²) in [7, 11) is 0. The third-order valence-electron chi connectivity index (χ3n) is 5.05. The predicted octanol–water partition coefficient (Wildman–Crippen LogP) is 3.61. The van der Waals surface area contributed by atoms with Crippen LogP contribution < -0.4 is 10.6 Å². The number of aromatic nitrogens is 2. The monoisotopic (exact) mass is 396 g/mol. The first kappa shape index (κ1) is 20.1. The van der Waals surface area contributed by atoms with Crippen molar-refractivity contribution in [3.05, 3.63) is 87.7 Å². The molecule has 0 bridgehead atoms. The highest BCUT2D eigenvalue weighted by molar-refractivity contribution is 5.94. The number of rotatable bonds is 4. The zero-order chi connectivity index (χ0) is 18.8. The molecule has 28 heavy (non-hydrogen) atoms. The van der Waals surface area contributed by atoms with Gasteiger partial charge in [-0.3, -0.25) is 9.89 Å². The van der Waals surface area contributed by atoms with E-state index in [1.165, 1.54) is 11.1 Å². The molecule has 2 heterocycles. The normalized spacial score (nSPS) is 13.0. The maximum Gasteiger partial charge on any atom is 0.272 e. The Morgan fingerprint density at radius 1 is 1.07 bits per heavy atom. The van der Waals surface area contributed by atoms with Gasteiger partial charge in [-0.15, -0.1) is 12.4 Å². The number of halogens is 1. The zero-order valence-corrected chi connectivity index (χ0v) is 16.9. The molecule has 0 spiro atoms. The summed E-state index contributed by atoms with van der Waals surface area (Å²) < 4.78 is 0. The van der Waals surface area contributed by atoms with E-state index in [0.29, 0.717) is 12.2 Å². The van der Waals surface area contributed by atoms with Crippen LogP contribution in [0, 0.1) is 13.8 Å². The van der Waals surface area contributed by atoms with E-state index in [9.17, 15) is 4.79 Å². The smallest absolute Gasteiger partial charge is 0.272 e. The molecule has 0 radical (unpaired) electrons. The van der Waals surface area contributed by atoms with Gasteiger partial charge in [0, 0.05) is 30.8 Å². The van der Waals surface area contributed by atoms with Crippen LogP contribution in [-0.2, 0) is 13.0 Å². The van der Waals surface area contributed by atoms with E-state index in [1.807, 2.05) is 12.1 Å². The van der Waals surface area contributed by atoms with E-state index in [4.69, 9.17) is 0 Å².